The molecule has 1 unspecified atom stereocenters. The van der Waals surface area contributed by atoms with Crippen LogP contribution in [0, 0.1) is 12.3 Å². The molecule has 1 aliphatic rings. The summed E-state index contributed by atoms with van der Waals surface area (Å²) in [4.78, 5) is 0. The molecule has 1 aliphatic carbocycles. The summed E-state index contributed by atoms with van der Waals surface area (Å²) in [5.74, 6) is 0. The molecule has 0 amide bonds. The second-order valence-corrected chi connectivity index (χ2v) is 3.02. The Hall–Kier alpha value is -0.260. The van der Waals surface area contributed by atoms with Gasteiger partial charge in [-0.25, -0.2) is 0 Å². The summed E-state index contributed by atoms with van der Waals surface area (Å²) in [6, 6.07) is 0. The van der Waals surface area contributed by atoms with Crippen molar-refractivity contribution in [2.45, 2.75) is 26.2 Å². The largest absolute Gasteiger partial charge is 0.0885 e. The van der Waals surface area contributed by atoms with E-state index in [1.807, 2.05) is 0 Å². The molecule has 0 bridgehead atoms. The fourth-order valence-corrected chi connectivity index (χ4v) is 1.02. The van der Waals surface area contributed by atoms with Crippen molar-refractivity contribution in [3.63, 3.8) is 0 Å². The van der Waals surface area contributed by atoms with Crippen molar-refractivity contribution >= 4 is 0 Å². The quantitative estimate of drug-likeness (QED) is 0.419. The van der Waals surface area contributed by atoms with Crippen molar-refractivity contribution in [3.8, 4) is 0 Å². The highest BCUT2D eigenvalue weighted by molar-refractivity contribution is 4.96. The highest BCUT2D eigenvalue weighted by Gasteiger charge is 2.16. The molecule has 0 spiro atoms. The Morgan fingerprint density at radius 2 is 2.25 bits per heavy atom. The number of rotatable bonds is 0. The second kappa shape index (κ2) is 1.93. The minimum atomic E-state index is 0.342. The summed E-state index contributed by atoms with van der Waals surface area (Å²) in [6.45, 7) is 6.30. The summed E-state index contributed by atoms with van der Waals surface area (Å²) in [7, 11) is 0. The molecule has 1 radical (unpaired) electrons. The Kier molecular flexibility index (Phi) is 1.41. The maximum absolute atomic E-state index is 4.08. The highest BCUT2D eigenvalue weighted by Crippen LogP contribution is 2.29. The molecule has 0 heteroatoms. The predicted molar refractivity (Wildman–Crippen MR) is 36.5 cm³/mol. The van der Waals surface area contributed by atoms with E-state index < -0.39 is 0 Å². The van der Waals surface area contributed by atoms with Gasteiger partial charge in [0.1, 0.15) is 0 Å². The third-order valence-corrected chi connectivity index (χ3v) is 1.69. The summed E-state index contributed by atoms with van der Waals surface area (Å²) in [5, 5.41) is 0. The molecule has 0 saturated carbocycles. The van der Waals surface area contributed by atoms with E-state index in [1.165, 1.54) is 12.8 Å². The maximum Gasteiger partial charge on any atom is -0.0288 e. The number of allylic oxidation sites excluding steroid dienone is 2. The van der Waals surface area contributed by atoms with Gasteiger partial charge in [-0.1, -0.05) is 19.1 Å². The van der Waals surface area contributed by atoms with E-state index in [-0.39, 0.29) is 0 Å². The van der Waals surface area contributed by atoms with Gasteiger partial charge in [-0.15, -0.1) is 0 Å². The Bertz CT molecular complexity index is 98.6. The molecular weight excluding hydrogens is 96.1 g/mol. The molecule has 0 N–H and O–H groups in total. The van der Waals surface area contributed by atoms with E-state index in [0.717, 1.165) is 6.42 Å². The van der Waals surface area contributed by atoms with Crippen molar-refractivity contribution in [1.82, 2.24) is 0 Å². The molecule has 0 aromatic rings. The molecule has 45 valence electrons. The summed E-state index contributed by atoms with van der Waals surface area (Å²) < 4.78 is 0. The minimum absolute atomic E-state index is 0.342. The highest BCUT2D eigenvalue weighted by atomic mass is 14.2. The number of hydrogen-bond acceptors (Lipinski definition) is 0. The molecule has 0 nitrogen and oxygen atoms in total. The predicted octanol–water partition coefficient (Wildman–Crippen LogP) is 2.57. The number of hydrogen-bond donors (Lipinski definition) is 0. The van der Waals surface area contributed by atoms with E-state index in [1.54, 1.807) is 0 Å². The Morgan fingerprint density at radius 1 is 1.50 bits per heavy atom. The van der Waals surface area contributed by atoms with Crippen molar-refractivity contribution in [2.24, 2.45) is 5.41 Å². The van der Waals surface area contributed by atoms with Gasteiger partial charge in [0.15, 0.2) is 0 Å². The summed E-state index contributed by atoms with van der Waals surface area (Å²) in [5.41, 5.74) is 0.342. The average molecular weight is 109 g/mol. The zero-order valence-electron chi connectivity index (χ0n) is 5.48. The monoisotopic (exact) mass is 109 g/mol. The van der Waals surface area contributed by atoms with Crippen molar-refractivity contribution in [3.05, 3.63) is 19.1 Å². The lowest BCUT2D eigenvalue weighted by Gasteiger charge is -2.24. The molecular formula is C8H13. The summed E-state index contributed by atoms with van der Waals surface area (Å²) in [6.07, 6.45) is 8.11. The van der Waals surface area contributed by atoms with Crippen LogP contribution in [-0.2, 0) is 0 Å². The maximum atomic E-state index is 4.08. The Morgan fingerprint density at radius 3 is 2.50 bits per heavy atom. The van der Waals surface area contributed by atoms with Gasteiger partial charge in [-0.3, -0.25) is 0 Å². The van der Waals surface area contributed by atoms with Crippen molar-refractivity contribution in [2.75, 3.05) is 0 Å². The lowest BCUT2D eigenvalue weighted by Crippen LogP contribution is -2.11. The van der Waals surface area contributed by atoms with E-state index in [4.69, 9.17) is 0 Å². The standard InChI is InChI=1S/C8H13/c1-8(2)6-4-3-5-7-8/h3-4H,1,5-7H2,2H3. The first-order valence-electron chi connectivity index (χ1n) is 3.21. The zero-order chi connectivity index (χ0) is 6.04. The van der Waals surface area contributed by atoms with Gasteiger partial charge >= 0.3 is 0 Å². The topological polar surface area (TPSA) is 0 Å². The fraction of sp³-hybridized carbons (Fsp3) is 0.625. The van der Waals surface area contributed by atoms with Gasteiger partial charge in [0.05, 0.1) is 0 Å². The summed E-state index contributed by atoms with van der Waals surface area (Å²) >= 11 is 0. The first-order valence-corrected chi connectivity index (χ1v) is 3.21. The average Bonchev–Trinajstić information content (AvgIpc) is 1.65. The van der Waals surface area contributed by atoms with Gasteiger partial charge in [-0.05, 0) is 31.6 Å². The van der Waals surface area contributed by atoms with E-state index in [0.29, 0.717) is 5.41 Å². The second-order valence-electron chi connectivity index (χ2n) is 3.02. The van der Waals surface area contributed by atoms with E-state index in [2.05, 4.69) is 26.0 Å². The molecule has 0 aromatic carbocycles. The third-order valence-electron chi connectivity index (χ3n) is 1.69. The van der Waals surface area contributed by atoms with Crippen molar-refractivity contribution < 1.29 is 0 Å². The third kappa shape index (κ3) is 1.36. The van der Waals surface area contributed by atoms with Gasteiger partial charge < -0.3 is 0 Å². The van der Waals surface area contributed by atoms with Crippen molar-refractivity contribution in [1.29, 1.82) is 0 Å². The van der Waals surface area contributed by atoms with Crippen LogP contribution in [0.15, 0.2) is 12.2 Å². The van der Waals surface area contributed by atoms with Crippen LogP contribution in [0.5, 0.6) is 0 Å². The zero-order valence-corrected chi connectivity index (χ0v) is 5.48. The molecule has 1 rings (SSSR count). The smallest absolute Gasteiger partial charge is 0.0288 e. The van der Waals surface area contributed by atoms with Crippen LogP contribution >= 0.6 is 0 Å². The van der Waals surface area contributed by atoms with Gasteiger partial charge in [0, 0.05) is 0 Å². The molecule has 1 atom stereocenters. The van der Waals surface area contributed by atoms with E-state index in [9.17, 15) is 0 Å². The van der Waals surface area contributed by atoms with Crippen LogP contribution < -0.4 is 0 Å². The lowest BCUT2D eigenvalue weighted by molar-refractivity contribution is 0.382. The van der Waals surface area contributed by atoms with Crippen LogP contribution in [0.4, 0.5) is 0 Å². The van der Waals surface area contributed by atoms with Crippen LogP contribution in [-0.4, -0.2) is 0 Å². The molecule has 8 heavy (non-hydrogen) atoms. The molecule has 0 saturated heterocycles. The molecule has 0 aliphatic heterocycles. The van der Waals surface area contributed by atoms with Crippen LogP contribution in [0.1, 0.15) is 26.2 Å². The first-order chi connectivity index (χ1) is 3.71. The van der Waals surface area contributed by atoms with Crippen LogP contribution in [0.25, 0.3) is 0 Å². The minimum Gasteiger partial charge on any atom is -0.0885 e. The normalized spacial score (nSPS) is 25.8. The van der Waals surface area contributed by atoms with Crippen LogP contribution in [0.3, 0.4) is 0 Å². The lowest BCUT2D eigenvalue weighted by atomic mass is 9.81. The van der Waals surface area contributed by atoms with Crippen LogP contribution in [0.2, 0.25) is 0 Å². The fourth-order valence-electron chi connectivity index (χ4n) is 1.02. The van der Waals surface area contributed by atoms with Gasteiger partial charge in [-0.2, -0.15) is 0 Å². The molecule has 0 aromatic heterocycles. The Balaban J connectivity index is 2.50. The molecule has 0 heterocycles. The first kappa shape index (κ1) is 5.87. The van der Waals surface area contributed by atoms with Gasteiger partial charge in [0.2, 0.25) is 0 Å². The van der Waals surface area contributed by atoms with Gasteiger partial charge in [0.25, 0.3) is 0 Å². The molecule has 0 fully saturated rings. The Labute approximate surface area is 51.6 Å². The van der Waals surface area contributed by atoms with E-state index >= 15 is 0 Å². The SMILES string of the molecule is [CH2]C1(C)CC=CCC1.